The van der Waals surface area contributed by atoms with Crippen molar-refractivity contribution in [3.05, 3.63) is 46.6 Å². The van der Waals surface area contributed by atoms with Crippen molar-refractivity contribution >= 4 is 11.8 Å². The number of thioether (sulfide) groups is 1. The molecule has 0 aromatic rings. The van der Waals surface area contributed by atoms with Gasteiger partial charge in [0.15, 0.2) is 0 Å². The summed E-state index contributed by atoms with van der Waals surface area (Å²) in [5.41, 5.74) is 6.20. The van der Waals surface area contributed by atoms with Gasteiger partial charge in [-0.3, -0.25) is 0 Å². The minimum atomic E-state index is 0.145. The van der Waals surface area contributed by atoms with Crippen LogP contribution in [-0.4, -0.2) is 23.2 Å². The van der Waals surface area contributed by atoms with Gasteiger partial charge in [-0.25, -0.2) is 0 Å². The molecule has 2 heteroatoms. The Kier molecular flexibility index (Phi) is 14.6. The minimum absolute atomic E-state index is 0.145. The molecule has 0 amide bonds. The largest absolute Gasteiger partial charge is 0.367 e. The average Bonchev–Trinajstić information content (AvgIpc) is 3.31. The SMILES string of the molecule is CC(C)=CCC/C(C)=C/CC/C(C)=C/CCSCCCC/C=C(\C)CCC1OC1(C)C. The van der Waals surface area contributed by atoms with Crippen LogP contribution >= 0.6 is 11.8 Å². The van der Waals surface area contributed by atoms with Crippen LogP contribution in [0.2, 0.25) is 0 Å². The molecule has 1 fully saturated rings. The highest BCUT2D eigenvalue weighted by Crippen LogP contribution is 2.38. The molecule has 1 rings (SSSR count). The number of unbranched alkanes of at least 4 members (excludes halogenated alkanes) is 2. The van der Waals surface area contributed by atoms with Gasteiger partial charge in [0.25, 0.3) is 0 Å². The third-order valence-corrected chi connectivity index (χ3v) is 7.18. The van der Waals surface area contributed by atoms with Gasteiger partial charge in [0.2, 0.25) is 0 Å². The maximum atomic E-state index is 5.67. The molecule has 0 spiro atoms. The van der Waals surface area contributed by atoms with Crippen molar-refractivity contribution in [2.75, 3.05) is 11.5 Å². The van der Waals surface area contributed by atoms with Crippen LogP contribution in [0.1, 0.15) is 113 Å². The summed E-state index contributed by atoms with van der Waals surface area (Å²) in [6.07, 6.45) is 22.4. The van der Waals surface area contributed by atoms with Crippen molar-refractivity contribution in [3.63, 3.8) is 0 Å². The van der Waals surface area contributed by atoms with E-state index in [0.29, 0.717) is 6.10 Å². The molecule has 1 aliphatic rings. The van der Waals surface area contributed by atoms with Crippen molar-refractivity contribution in [2.45, 2.75) is 124 Å². The van der Waals surface area contributed by atoms with Gasteiger partial charge in [-0.1, -0.05) is 46.6 Å². The molecule has 0 aromatic carbocycles. The Morgan fingerprint density at radius 3 is 1.87 bits per heavy atom. The average molecular weight is 447 g/mol. The second kappa shape index (κ2) is 16.0. The van der Waals surface area contributed by atoms with Crippen molar-refractivity contribution < 1.29 is 4.74 Å². The van der Waals surface area contributed by atoms with E-state index >= 15 is 0 Å². The van der Waals surface area contributed by atoms with E-state index in [1.54, 1.807) is 5.57 Å². The summed E-state index contributed by atoms with van der Waals surface area (Å²) >= 11 is 2.12. The predicted molar refractivity (Wildman–Crippen MR) is 143 cm³/mol. The van der Waals surface area contributed by atoms with E-state index in [1.807, 2.05) is 0 Å². The van der Waals surface area contributed by atoms with Crippen LogP contribution < -0.4 is 0 Å². The summed E-state index contributed by atoms with van der Waals surface area (Å²) < 4.78 is 5.67. The Hall–Kier alpha value is -0.730. The van der Waals surface area contributed by atoms with Crippen LogP contribution in [-0.2, 0) is 4.74 Å². The molecule has 0 aliphatic carbocycles. The number of epoxide rings is 1. The summed E-state index contributed by atoms with van der Waals surface area (Å²) in [6.45, 7) is 15.6. The zero-order chi connectivity index (χ0) is 23.1. The second-order valence-electron chi connectivity index (χ2n) is 10.2. The van der Waals surface area contributed by atoms with Gasteiger partial charge < -0.3 is 4.74 Å². The molecule has 0 N–H and O–H groups in total. The molecule has 178 valence electrons. The van der Waals surface area contributed by atoms with Gasteiger partial charge >= 0.3 is 0 Å². The fraction of sp³-hybridized carbons (Fsp3) is 0.724. The lowest BCUT2D eigenvalue weighted by molar-refractivity contribution is 0.320. The number of allylic oxidation sites excluding steroid dienone is 8. The van der Waals surface area contributed by atoms with Gasteiger partial charge in [0.05, 0.1) is 11.7 Å². The van der Waals surface area contributed by atoms with Crippen LogP contribution in [0.5, 0.6) is 0 Å². The highest BCUT2D eigenvalue weighted by atomic mass is 32.2. The molecule has 1 unspecified atom stereocenters. The summed E-state index contributed by atoms with van der Waals surface area (Å²) in [5, 5.41) is 0. The fourth-order valence-electron chi connectivity index (χ4n) is 3.73. The highest BCUT2D eigenvalue weighted by molar-refractivity contribution is 7.99. The molecule has 0 saturated carbocycles. The Bertz CT molecular complexity index is 617. The number of hydrogen-bond acceptors (Lipinski definition) is 2. The van der Waals surface area contributed by atoms with Crippen molar-refractivity contribution in [2.24, 2.45) is 0 Å². The maximum absolute atomic E-state index is 5.67. The van der Waals surface area contributed by atoms with Gasteiger partial charge in [-0.15, -0.1) is 0 Å². The zero-order valence-corrected chi connectivity index (χ0v) is 22.5. The van der Waals surface area contributed by atoms with Crippen LogP contribution in [0, 0.1) is 0 Å². The molecule has 1 atom stereocenters. The normalized spacial score (nSPS) is 18.9. The lowest BCUT2D eigenvalue weighted by Crippen LogP contribution is -2.02. The molecule has 0 aromatic heterocycles. The van der Waals surface area contributed by atoms with Crippen LogP contribution in [0.15, 0.2) is 46.6 Å². The van der Waals surface area contributed by atoms with Crippen LogP contribution in [0.3, 0.4) is 0 Å². The first kappa shape index (κ1) is 28.3. The summed E-state index contributed by atoms with van der Waals surface area (Å²) in [4.78, 5) is 0. The van der Waals surface area contributed by atoms with Gasteiger partial charge in [0.1, 0.15) is 0 Å². The molecule has 1 aliphatic heterocycles. The highest BCUT2D eigenvalue weighted by Gasteiger charge is 2.46. The Labute approximate surface area is 198 Å². The third kappa shape index (κ3) is 15.7. The molecule has 31 heavy (non-hydrogen) atoms. The molecule has 0 bridgehead atoms. The second-order valence-corrected chi connectivity index (χ2v) is 11.4. The molecule has 1 saturated heterocycles. The Morgan fingerprint density at radius 1 is 0.710 bits per heavy atom. The van der Waals surface area contributed by atoms with E-state index in [9.17, 15) is 0 Å². The van der Waals surface area contributed by atoms with Crippen LogP contribution in [0.25, 0.3) is 0 Å². The number of ether oxygens (including phenoxy) is 1. The predicted octanol–water partition coefficient (Wildman–Crippen LogP) is 9.60. The number of hydrogen-bond donors (Lipinski definition) is 0. The molecular formula is C29H50OS. The van der Waals surface area contributed by atoms with Crippen LogP contribution in [0.4, 0.5) is 0 Å². The monoisotopic (exact) mass is 446 g/mol. The van der Waals surface area contributed by atoms with Gasteiger partial charge in [-0.05, 0) is 124 Å². The van der Waals surface area contributed by atoms with Gasteiger partial charge in [-0.2, -0.15) is 11.8 Å². The van der Waals surface area contributed by atoms with E-state index in [2.05, 4.69) is 84.5 Å². The van der Waals surface area contributed by atoms with Gasteiger partial charge in [0, 0.05) is 0 Å². The summed E-state index contributed by atoms with van der Waals surface area (Å²) in [6, 6.07) is 0. The molecule has 1 heterocycles. The first-order valence-electron chi connectivity index (χ1n) is 12.6. The fourth-order valence-corrected chi connectivity index (χ4v) is 4.62. The smallest absolute Gasteiger partial charge is 0.0892 e. The van der Waals surface area contributed by atoms with Crippen molar-refractivity contribution in [3.8, 4) is 0 Å². The Morgan fingerprint density at radius 2 is 1.26 bits per heavy atom. The first-order valence-corrected chi connectivity index (χ1v) is 13.7. The number of rotatable bonds is 17. The topological polar surface area (TPSA) is 12.5 Å². The first-order chi connectivity index (χ1) is 14.7. The maximum Gasteiger partial charge on any atom is 0.0892 e. The molecule has 0 radical (unpaired) electrons. The lowest BCUT2D eigenvalue weighted by Gasteiger charge is -2.03. The van der Waals surface area contributed by atoms with E-state index in [1.165, 1.54) is 92.4 Å². The van der Waals surface area contributed by atoms with Crippen molar-refractivity contribution in [1.29, 1.82) is 0 Å². The van der Waals surface area contributed by atoms with E-state index in [0.717, 1.165) is 0 Å². The molecule has 1 nitrogen and oxygen atoms in total. The lowest BCUT2D eigenvalue weighted by atomic mass is 10.0. The zero-order valence-electron chi connectivity index (χ0n) is 21.7. The Balaban J connectivity index is 1.96. The minimum Gasteiger partial charge on any atom is -0.367 e. The van der Waals surface area contributed by atoms with E-state index in [4.69, 9.17) is 4.74 Å². The molecular weight excluding hydrogens is 396 g/mol. The van der Waals surface area contributed by atoms with E-state index in [-0.39, 0.29) is 5.60 Å². The quantitative estimate of drug-likeness (QED) is 0.125. The van der Waals surface area contributed by atoms with Crippen molar-refractivity contribution in [1.82, 2.24) is 0 Å². The van der Waals surface area contributed by atoms with E-state index < -0.39 is 0 Å². The summed E-state index contributed by atoms with van der Waals surface area (Å²) in [5.74, 6) is 2.57. The third-order valence-electron chi connectivity index (χ3n) is 6.08. The standard InChI is InChI=1S/C29H50OS/c1-24(2)14-11-16-25(3)17-12-18-26(4)19-13-23-31-22-10-8-9-15-27(5)20-21-28-29(6,7)30-28/h14-15,17,19,28H,8-13,16,18,20-23H2,1-7H3/b25-17+,26-19+,27-15+. The summed E-state index contributed by atoms with van der Waals surface area (Å²) in [7, 11) is 0.